The van der Waals surface area contributed by atoms with Gasteiger partial charge in [0, 0.05) is 56.7 Å². The van der Waals surface area contributed by atoms with Crippen molar-refractivity contribution in [1.82, 2.24) is 14.7 Å². The first-order valence-corrected chi connectivity index (χ1v) is 15.2. The van der Waals surface area contributed by atoms with Gasteiger partial charge >= 0.3 is 0 Å². The zero-order valence-electron chi connectivity index (χ0n) is 25.8. The maximum atomic E-state index is 13.5. The molecule has 0 saturated carbocycles. The topological polar surface area (TPSA) is 53.1 Å². The van der Waals surface area contributed by atoms with Gasteiger partial charge in [0.1, 0.15) is 0 Å². The van der Waals surface area contributed by atoms with E-state index in [1.807, 2.05) is 13.8 Å². The lowest BCUT2D eigenvalue weighted by atomic mass is 9.89. The third-order valence-electron chi connectivity index (χ3n) is 8.54. The van der Waals surface area contributed by atoms with Crippen LogP contribution in [0.15, 0.2) is 0 Å². The minimum absolute atomic E-state index is 0.00449. The van der Waals surface area contributed by atoms with Crippen molar-refractivity contribution in [3.8, 4) is 0 Å². The molecule has 0 aromatic rings. The van der Waals surface area contributed by atoms with Gasteiger partial charge < -0.3 is 9.64 Å². The molecular formula is C31H59N3O3. The average molecular weight is 522 g/mol. The number of carbonyl (C=O) groups excluding carboxylic acids is 2. The Balaban J connectivity index is 1.82. The first-order valence-electron chi connectivity index (χ1n) is 15.2. The first kappa shape index (κ1) is 32.4. The summed E-state index contributed by atoms with van der Waals surface area (Å²) in [6.07, 6.45) is 4.16. The number of rotatable bonds is 15. The van der Waals surface area contributed by atoms with Gasteiger partial charge in [0.15, 0.2) is 11.6 Å². The van der Waals surface area contributed by atoms with Crippen LogP contribution in [0.4, 0.5) is 0 Å². The standard InChI is InChI=1S/C31H59N3O3/c1-21(2)20-37-27-17-28(34(18-27)24(7)8)31(36)26(10)12-11-25(9)13-14-32-15-16-33(23(5)6)29(19-32)30(35)22(3)4/h21-29H,11-20H2,1-10H3/t25?,26?,27-,28+,29+/m1/s1. The van der Waals surface area contributed by atoms with Crippen LogP contribution in [0.2, 0.25) is 0 Å². The summed E-state index contributed by atoms with van der Waals surface area (Å²) in [5.41, 5.74) is 0. The Hall–Kier alpha value is -0.820. The van der Waals surface area contributed by atoms with Crippen molar-refractivity contribution in [3.05, 3.63) is 0 Å². The monoisotopic (exact) mass is 521 g/mol. The molecule has 37 heavy (non-hydrogen) atoms. The largest absolute Gasteiger partial charge is 0.377 e. The van der Waals surface area contributed by atoms with E-state index in [0.717, 1.165) is 65.0 Å². The SMILES string of the molecule is CC(C)CO[C@@H]1C[C@@H](C(=O)C(C)CCC(C)CCN2CCN(C(C)C)[C@H](C(=O)C(C)C)C2)N(C(C)C)C1. The highest BCUT2D eigenvalue weighted by Crippen LogP contribution is 2.28. The van der Waals surface area contributed by atoms with Gasteiger partial charge in [-0.05, 0) is 71.8 Å². The second-order valence-electron chi connectivity index (χ2n) is 13.4. The Morgan fingerprint density at radius 1 is 0.757 bits per heavy atom. The van der Waals surface area contributed by atoms with Gasteiger partial charge in [-0.2, -0.15) is 0 Å². The highest BCUT2D eigenvalue weighted by atomic mass is 16.5. The molecule has 0 aromatic carbocycles. The van der Waals surface area contributed by atoms with E-state index in [2.05, 4.69) is 70.1 Å². The van der Waals surface area contributed by atoms with Gasteiger partial charge in [-0.25, -0.2) is 0 Å². The molecule has 5 atom stereocenters. The highest BCUT2D eigenvalue weighted by molar-refractivity contribution is 5.86. The molecule has 0 bridgehead atoms. The Kier molecular flexibility index (Phi) is 13.2. The number of hydrogen-bond donors (Lipinski definition) is 0. The lowest BCUT2D eigenvalue weighted by Gasteiger charge is -2.43. The van der Waals surface area contributed by atoms with E-state index in [1.165, 1.54) is 0 Å². The lowest BCUT2D eigenvalue weighted by Crippen LogP contribution is -2.59. The maximum absolute atomic E-state index is 13.5. The highest BCUT2D eigenvalue weighted by Gasteiger charge is 2.40. The van der Waals surface area contributed by atoms with Gasteiger partial charge in [-0.1, -0.05) is 41.5 Å². The van der Waals surface area contributed by atoms with Crippen LogP contribution in [-0.4, -0.2) is 95.9 Å². The molecule has 2 heterocycles. The second kappa shape index (κ2) is 15.1. The summed E-state index contributed by atoms with van der Waals surface area (Å²) in [4.78, 5) is 33.6. The van der Waals surface area contributed by atoms with Crippen molar-refractivity contribution in [2.24, 2.45) is 23.7 Å². The molecule has 2 aliphatic heterocycles. The summed E-state index contributed by atoms with van der Waals surface area (Å²) in [6, 6.07) is 0.770. The Morgan fingerprint density at radius 2 is 1.41 bits per heavy atom. The van der Waals surface area contributed by atoms with Crippen LogP contribution in [0, 0.1) is 23.7 Å². The summed E-state index contributed by atoms with van der Waals surface area (Å²) in [6.45, 7) is 27.2. The van der Waals surface area contributed by atoms with Crippen molar-refractivity contribution in [1.29, 1.82) is 0 Å². The third-order valence-corrected chi connectivity index (χ3v) is 8.54. The molecule has 0 aromatic heterocycles. The number of ether oxygens (including phenoxy) is 1. The first-order chi connectivity index (χ1) is 17.3. The van der Waals surface area contributed by atoms with Crippen LogP contribution in [0.3, 0.4) is 0 Å². The van der Waals surface area contributed by atoms with Gasteiger partial charge in [0.2, 0.25) is 0 Å². The van der Waals surface area contributed by atoms with E-state index < -0.39 is 0 Å². The molecule has 0 N–H and O–H groups in total. The maximum Gasteiger partial charge on any atom is 0.153 e. The molecule has 0 spiro atoms. The van der Waals surface area contributed by atoms with Gasteiger partial charge in [0.05, 0.1) is 18.2 Å². The molecule has 0 radical (unpaired) electrons. The van der Waals surface area contributed by atoms with Crippen molar-refractivity contribution in [3.63, 3.8) is 0 Å². The second-order valence-corrected chi connectivity index (χ2v) is 13.4. The molecule has 216 valence electrons. The Bertz CT molecular complexity index is 708. The van der Waals surface area contributed by atoms with E-state index in [-0.39, 0.29) is 30.0 Å². The fourth-order valence-electron chi connectivity index (χ4n) is 5.99. The number of likely N-dealkylation sites (tertiary alicyclic amines) is 1. The molecule has 2 aliphatic rings. The number of carbonyl (C=O) groups is 2. The van der Waals surface area contributed by atoms with E-state index in [0.29, 0.717) is 35.5 Å². The van der Waals surface area contributed by atoms with Gasteiger partial charge in [0.25, 0.3) is 0 Å². The zero-order valence-corrected chi connectivity index (χ0v) is 25.8. The fourth-order valence-corrected chi connectivity index (χ4v) is 5.99. The molecule has 2 rings (SSSR count). The van der Waals surface area contributed by atoms with Crippen LogP contribution in [0.5, 0.6) is 0 Å². The molecule has 0 aliphatic carbocycles. The third kappa shape index (κ3) is 9.70. The van der Waals surface area contributed by atoms with Crippen LogP contribution in [-0.2, 0) is 14.3 Å². The summed E-state index contributed by atoms with van der Waals surface area (Å²) >= 11 is 0. The number of nitrogens with zero attached hydrogens (tertiary/aromatic N) is 3. The van der Waals surface area contributed by atoms with E-state index in [1.54, 1.807) is 0 Å². The number of ketones is 2. The quantitative estimate of drug-likeness (QED) is 0.297. The van der Waals surface area contributed by atoms with Crippen molar-refractivity contribution < 1.29 is 14.3 Å². The normalized spacial score (nSPS) is 26.1. The van der Waals surface area contributed by atoms with Crippen molar-refractivity contribution >= 4 is 11.6 Å². The van der Waals surface area contributed by atoms with Gasteiger partial charge in [-0.3, -0.25) is 19.4 Å². The summed E-state index contributed by atoms with van der Waals surface area (Å²) in [5, 5.41) is 0. The van der Waals surface area contributed by atoms with Crippen LogP contribution in [0.1, 0.15) is 94.9 Å². The molecule has 6 heteroatoms. The predicted octanol–water partition coefficient (Wildman–Crippen LogP) is 5.14. The van der Waals surface area contributed by atoms with Crippen LogP contribution < -0.4 is 0 Å². The average Bonchev–Trinajstić information content (AvgIpc) is 3.28. The summed E-state index contributed by atoms with van der Waals surface area (Å²) in [7, 11) is 0. The fraction of sp³-hybridized carbons (Fsp3) is 0.935. The minimum atomic E-state index is -0.00449. The van der Waals surface area contributed by atoms with Crippen LogP contribution >= 0.6 is 0 Å². The number of hydrogen-bond acceptors (Lipinski definition) is 6. The van der Waals surface area contributed by atoms with E-state index in [4.69, 9.17) is 4.74 Å². The molecule has 6 nitrogen and oxygen atoms in total. The Labute approximate surface area is 228 Å². The van der Waals surface area contributed by atoms with Crippen molar-refractivity contribution in [2.45, 2.75) is 125 Å². The Morgan fingerprint density at radius 3 is 1.97 bits per heavy atom. The van der Waals surface area contributed by atoms with Crippen molar-refractivity contribution in [2.75, 3.05) is 39.3 Å². The summed E-state index contributed by atoms with van der Waals surface area (Å²) < 4.78 is 6.12. The van der Waals surface area contributed by atoms with Gasteiger partial charge in [-0.15, -0.1) is 0 Å². The number of piperazine rings is 1. The lowest BCUT2D eigenvalue weighted by molar-refractivity contribution is -0.130. The zero-order chi connectivity index (χ0) is 27.9. The molecular weight excluding hydrogens is 462 g/mol. The molecule has 2 saturated heterocycles. The minimum Gasteiger partial charge on any atom is -0.377 e. The number of Topliss-reactive ketones (excluding diaryl/α,β-unsaturated/α-hetero) is 2. The van der Waals surface area contributed by atoms with E-state index >= 15 is 0 Å². The van der Waals surface area contributed by atoms with E-state index in [9.17, 15) is 9.59 Å². The summed E-state index contributed by atoms with van der Waals surface area (Å²) in [5.74, 6) is 2.02. The molecule has 0 amide bonds. The molecule has 2 fully saturated rings. The molecule has 2 unspecified atom stereocenters. The van der Waals surface area contributed by atoms with Crippen LogP contribution in [0.25, 0.3) is 0 Å². The smallest absolute Gasteiger partial charge is 0.153 e. The predicted molar refractivity (Wildman–Crippen MR) is 154 cm³/mol.